The number of rotatable bonds is 12. The number of nitrogens with zero attached hydrogens (tertiary/aromatic N) is 7. The van der Waals surface area contributed by atoms with Gasteiger partial charge < -0.3 is 34.2 Å². The monoisotopic (exact) mass is 655 g/mol. The number of hydrogen-bond donors (Lipinski definition) is 1. The largest absolute Gasteiger partial charge is 0.480 e. The van der Waals surface area contributed by atoms with Crippen LogP contribution >= 0.6 is 0 Å². The maximum atomic E-state index is 14.3. The number of esters is 1. The van der Waals surface area contributed by atoms with Crippen LogP contribution in [0.2, 0.25) is 0 Å². The molecule has 0 radical (unpaired) electrons. The number of piperazine rings is 2. The number of amides is 4. The molecule has 1 N–H and O–H groups in total. The van der Waals surface area contributed by atoms with Gasteiger partial charge >= 0.3 is 18.0 Å². The molecule has 0 aromatic carbocycles. The van der Waals surface area contributed by atoms with E-state index in [2.05, 4.69) is 14.9 Å². The molecule has 2 aliphatic heterocycles. The van der Waals surface area contributed by atoms with E-state index in [4.69, 9.17) is 14.3 Å². The Morgan fingerprint density at radius 3 is 2.30 bits per heavy atom. The Morgan fingerprint density at radius 1 is 0.957 bits per heavy atom. The molecule has 4 heterocycles. The van der Waals surface area contributed by atoms with Crippen LogP contribution in [0.15, 0.2) is 49.1 Å². The van der Waals surface area contributed by atoms with Crippen LogP contribution in [0.25, 0.3) is 0 Å². The normalized spacial score (nSPS) is 17.1. The van der Waals surface area contributed by atoms with Crippen molar-refractivity contribution in [3.63, 3.8) is 0 Å². The summed E-state index contributed by atoms with van der Waals surface area (Å²) in [6.45, 7) is 0.453. The van der Waals surface area contributed by atoms with Gasteiger partial charge in [-0.15, -0.1) is 0 Å². The number of anilines is 1. The summed E-state index contributed by atoms with van der Waals surface area (Å²) in [7, 11) is 2.19. The first kappa shape index (κ1) is 34.6. The predicted octanol–water partition coefficient (Wildman–Crippen LogP) is -0.229. The third-order valence-electron chi connectivity index (χ3n) is 7.82. The lowest BCUT2D eigenvalue weighted by molar-refractivity contribution is -0.189. The lowest BCUT2D eigenvalue weighted by atomic mass is 10.0. The summed E-state index contributed by atoms with van der Waals surface area (Å²) in [6, 6.07) is 3.98. The molecule has 17 nitrogen and oxygen atoms in total. The van der Waals surface area contributed by atoms with Crippen molar-refractivity contribution in [1.29, 1.82) is 0 Å². The molecule has 4 rings (SSSR count). The highest BCUT2D eigenvalue weighted by molar-refractivity contribution is 5.97. The average Bonchev–Trinajstić information content (AvgIpc) is 3.09. The van der Waals surface area contributed by atoms with Gasteiger partial charge in [-0.25, -0.2) is 4.79 Å². The van der Waals surface area contributed by atoms with Crippen LogP contribution in [-0.4, -0.2) is 143 Å². The van der Waals surface area contributed by atoms with E-state index in [-0.39, 0.29) is 19.7 Å². The van der Waals surface area contributed by atoms with Gasteiger partial charge in [0.15, 0.2) is 6.04 Å². The molecule has 2 fully saturated rings. The molecule has 2 aromatic heterocycles. The first-order valence-corrected chi connectivity index (χ1v) is 14.8. The van der Waals surface area contributed by atoms with E-state index >= 15 is 0 Å². The van der Waals surface area contributed by atoms with Gasteiger partial charge in [-0.1, -0.05) is 6.07 Å². The Balaban J connectivity index is 1.61. The van der Waals surface area contributed by atoms with E-state index in [0.717, 1.165) is 29.7 Å². The van der Waals surface area contributed by atoms with Crippen LogP contribution < -0.4 is 4.90 Å². The molecule has 17 heteroatoms. The van der Waals surface area contributed by atoms with Crippen molar-refractivity contribution in [2.75, 3.05) is 64.9 Å². The van der Waals surface area contributed by atoms with Crippen LogP contribution in [0.3, 0.4) is 0 Å². The minimum atomic E-state index is -1.62. The molecule has 2 aromatic rings. The minimum absolute atomic E-state index is 0.166. The van der Waals surface area contributed by atoms with Gasteiger partial charge in [0.2, 0.25) is 17.7 Å². The predicted molar refractivity (Wildman–Crippen MR) is 161 cm³/mol. The number of carboxylic acid groups (broad SMARTS) is 1. The Hall–Kier alpha value is -5.32. The molecule has 47 heavy (non-hydrogen) atoms. The van der Waals surface area contributed by atoms with E-state index in [1.54, 1.807) is 35.6 Å². The standard InChI is InChI=1S/C30H37N7O10/c1-45-27(41)17-23-28(42)35(19-26(39)40)14-15-36(23)29(43)24(37(30(44)46-2)47-20-21-4-3-7-32-18-21)16-25(38)34-12-10-33(11-13-34)22-5-8-31-9-6-22/h3-9,18,23-24H,10-17,19-20H2,1-2H3,(H,39,40)/t23-,24+/m0/s1. The summed E-state index contributed by atoms with van der Waals surface area (Å²) < 4.78 is 9.66. The van der Waals surface area contributed by atoms with Gasteiger partial charge in [0.05, 0.1) is 27.1 Å². The second-order valence-corrected chi connectivity index (χ2v) is 10.7. The first-order valence-electron chi connectivity index (χ1n) is 14.8. The molecular weight excluding hydrogens is 618 g/mol. The van der Waals surface area contributed by atoms with E-state index in [9.17, 15) is 33.9 Å². The quantitative estimate of drug-likeness (QED) is 0.233. The van der Waals surface area contributed by atoms with Crippen molar-refractivity contribution in [1.82, 2.24) is 29.7 Å². The maximum absolute atomic E-state index is 14.3. The van der Waals surface area contributed by atoms with E-state index < -0.39 is 67.2 Å². The molecule has 2 saturated heterocycles. The van der Waals surface area contributed by atoms with E-state index in [1.165, 1.54) is 6.20 Å². The summed E-state index contributed by atoms with van der Waals surface area (Å²) >= 11 is 0. The van der Waals surface area contributed by atoms with Crippen molar-refractivity contribution < 1.29 is 48.2 Å². The highest BCUT2D eigenvalue weighted by Gasteiger charge is 2.45. The fourth-order valence-corrected chi connectivity index (χ4v) is 5.37. The highest BCUT2D eigenvalue weighted by Crippen LogP contribution is 2.23. The summed E-state index contributed by atoms with van der Waals surface area (Å²) in [4.78, 5) is 97.8. The number of pyridine rings is 2. The lowest BCUT2D eigenvalue weighted by Crippen LogP contribution is -2.64. The van der Waals surface area contributed by atoms with Crippen molar-refractivity contribution in [2.24, 2.45) is 0 Å². The van der Waals surface area contributed by atoms with Gasteiger partial charge in [0, 0.05) is 69.7 Å². The fraction of sp³-hybridized carbons (Fsp3) is 0.467. The summed E-state index contributed by atoms with van der Waals surface area (Å²) in [6.07, 6.45) is 4.19. The van der Waals surface area contributed by atoms with Crippen molar-refractivity contribution in [3.8, 4) is 0 Å². The molecular formula is C30H37N7O10. The molecule has 4 amide bonds. The molecule has 0 aliphatic carbocycles. The number of hydrogen-bond acceptors (Lipinski definition) is 12. The van der Waals surface area contributed by atoms with Gasteiger partial charge in [0.1, 0.15) is 19.2 Å². The van der Waals surface area contributed by atoms with E-state index in [1.807, 2.05) is 12.1 Å². The topological polar surface area (TPSA) is 192 Å². The number of aliphatic carboxylic acids is 1. The van der Waals surface area contributed by atoms with Crippen LogP contribution in [0.4, 0.5) is 10.5 Å². The average molecular weight is 656 g/mol. The lowest BCUT2D eigenvalue weighted by Gasteiger charge is -2.42. The number of carboxylic acids is 1. The Bertz CT molecular complexity index is 1420. The SMILES string of the molecule is COC(=O)C[C@H]1C(=O)N(CC(=O)O)CCN1C(=O)[C@@H](CC(=O)N1CCN(c2ccncc2)CC1)N(OCc1cccnc1)C(=O)OC. The number of methoxy groups -OCH3 is 2. The minimum Gasteiger partial charge on any atom is -0.480 e. The van der Waals surface area contributed by atoms with Crippen molar-refractivity contribution >= 4 is 41.4 Å². The maximum Gasteiger partial charge on any atom is 0.434 e. The molecule has 252 valence electrons. The summed E-state index contributed by atoms with van der Waals surface area (Å²) in [5.74, 6) is -4.23. The number of hydroxylamine groups is 2. The third-order valence-corrected chi connectivity index (χ3v) is 7.82. The van der Waals surface area contributed by atoms with Crippen molar-refractivity contribution in [3.05, 3.63) is 54.6 Å². The number of aromatic nitrogens is 2. The summed E-state index contributed by atoms with van der Waals surface area (Å²) in [5, 5.41) is 9.94. The second-order valence-electron chi connectivity index (χ2n) is 10.7. The molecule has 0 saturated carbocycles. The fourth-order valence-electron chi connectivity index (χ4n) is 5.37. The molecule has 0 unspecified atom stereocenters. The number of ether oxygens (including phenoxy) is 2. The van der Waals surface area contributed by atoms with Crippen LogP contribution in [-0.2, 0) is 44.9 Å². The van der Waals surface area contributed by atoms with Gasteiger partial charge in [-0.3, -0.25) is 38.8 Å². The molecule has 0 spiro atoms. The summed E-state index contributed by atoms with van der Waals surface area (Å²) in [5.41, 5.74) is 1.50. The Kier molecular flexibility index (Phi) is 12.0. The van der Waals surface area contributed by atoms with E-state index in [0.29, 0.717) is 36.8 Å². The Labute approximate surface area is 270 Å². The highest BCUT2D eigenvalue weighted by atomic mass is 16.7. The number of carbonyl (C=O) groups is 6. The third kappa shape index (κ3) is 8.90. The smallest absolute Gasteiger partial charge is 0.434 e. The zero-order valence-corrected chi connectivity index (χ0v) is 26.1. The Morgan fingerprint density at radius 2 is 1.68 bits per heavy atom. The van der Waals surface area contributed by atoms with Gasteiger partial charge in [0.25, 0.3) is 0 Å². The van der Waals surface area contributed by atoms with Crippen LogP contribution in [0.5, 0.6) is 0 Å². The van der Waals surface area contributed by atoms with Gasteiger partial charge in [-0.2, -0.15) is 5.06 Å². The molecule has 2 atom stereocenters. The first-order chi connectivity index (χ1) is 22.6. The van der Waals surface area contributed by atoms with Crippen LogP contribution in [0, 0.1) is 0 Å². The molecule has 2 aliphatic rings. The second kappa shape index (κ2) is 16.3. The zero-order chi connectivity index (χ0) is 33.9. The van der Waals surface area contributed by atoms with Gasteiger partial charge in [-0.05, 0) is 23.8 Å². The number of carbonyl (C=O) groups excluding carboxylic acids is 5. The molecule has 0 bridgehead atoms. The zero-order valence-electron chi connectivity index (χ0n) is 26.1. The van der Waals surface area contributed by atoms with Crippen LogP contribution in [0.1, 0.15) is 18.4 Å². The van der Waals surface area contributed by atoms with Crippen molar-refractivity contribution in [2.45, 2.75) is 31.5 Å².